The number of fused-ring (bicyclic) bond motifs is 1. The molecule has 3 heteroatoms. The molecule has 3 nitrogen and oxygen atoms in total. The van der Waals surface area contributed by atoms with Crippen LogP contribution in [0.3, 0.4) is 0 Å². The van der Waals surface area contributed by atoms with Gasteiger partial charge in [0.2, 0.25) is 5.91 Å². The third kappa shape index (κ3) is 3.58. The number of allylic oxidation sites excluding steroid dienone is 2. The van der Waals surface area contributed by atoms with Gasteiger partial charge < -0.3 is 5.32 Å². The summed E-state index contributed by atoms with van der Waals surface area (Å²) >= 11 is 0. The highest BCUT2D eigenvalue weighted by Gasteiger charge is 2.22. The zero-order chi connectivity index (χ0) is 15.4. The van der Waals surface area contributed by atoms with E-state index in [1.807, 2.05) is 0 Å². The number of hydrogen-bond donors (Lipinski definition) is 1. The lowest BCUT2D eigenvalue weighted by Gasteiger charge is -2.34. The Morgan fingerprint density at radius 2 is 2.14 bits per heavy atom. The van der Waals surface area contributed by atoms with Crippen molar-refractivity contribution in [2.75, 3.05) is 13.1 Å². The van der Waals surface area contributed by atoms with Crippen LogP contribution >= 0.6 is 0 Å². The van der Waals surface area contributed by atoms with Crippen LogP contribution in [0.15, 0.2) is 36.4 Å². The number of carbonyl (C=O) groups excluding carboxylic acids is 1. The summed E-state index contributed by atoms with van der Waals surface area (Å²) in [5, 5.41) is 3.16. The quantitative estimate of drug-likeness (QED) is 0.867. The summed E-state index contributed by atoms with van der Waals surface area (Å²) in [6.45, 7) is 5.05. The van der Waals surface area contributed by atoms with Crippen LogP contribution in [0.4, 0.5) is 0 Å². The number of carbonyl (C=O) groups is 1. The lowest BCUT2D eigenvalue weighted by molar-refractivity contribution is -0.125. The molecule has 0 radical (unpaired) electrons. The smallest absolute Gasteiger partial charge is 0.223 e. The summed E-state index contributed by atoms with van der Waals surface area (Å²) in [6.07, 6.45) is 8.36. The molecule has 2 aliphatic rings. The summed E-state index contributed by atoms with van der Waals surface area (Å²) in [6, 6.07) is 9.08. The molecule has 2 atom stereocenters. The van der Waals surface area contributed by atoms with Gasteiger partial charge in [0.15, 0.2) is 0 Å². The van der Waals surface area contributed by atoms with Crippen molar-refractivity contribution in [2.45, 2.75) is 45.2 Å². The summed E-state index contributed by atoms with van der Waals surface area (Å²) < 4.78 is 0. The van der Waals surface area contributed by atoms with Crippen molar-refractivity contribution in [3.8, 4) is 0 Å². The summed E-state index contributed by atoms with van der Waals surface area (Å²) in [4.78, 5) is 14.7. The van der Waals surface area contributed by atoms with E-state index in [-0.39, 0.29) is 11.8 Å². The van der Waals surface area contributed by atoms with Crippen LogP contribution in [0.2, 0.25) is 0 Å². The number of benzene rings is 1. The van der Waals surface area contributed by atoms with Gasteiger partial charge in [-0.05, 0) is 43.7 Å². The first-order valence-corrected chi connectivity index (χ1v) is 8.47. The molecule has 1 aliphatic carbocycles. The fourth-order valence-electron chi connectivity index (χ4n) is 3.45. The molecule has 1 amide bonds. The van der Waals surface area contributed by atoms with Crippen molar-refractivity contribution in [1.82, 2.24) is 10.2 Å². The van der Waals surface area contributed by atoms with E-state index in [0.29, 0.717) is 6.04 Å². The lowest BCUT2D eigenvalue weighted by Crippen LogP contribution is -2.45. The van der Waals surface area contributed by atoms with Gasteiger partial charge in [-0.15, -0.1) is 0 Å². The fraction of sp³-hybridized carbons (Fsp3) is 0.526. The van der Waals surface area contributed by atoms with Crippen molar-refractivity contribution in [1.29, 1.82) is 0 Å². The highest BCUT2D eigenvalue weighted by Crippen LogP contribution is 2.21. The van der Waals surface area contributed by atoms with Crippen LogP contribution in [-0.2, 0) is 17.8 Å². The minimum absolute atomic E-state index is 0.180. The molecular formula is C19H26N2O. The SMILES string of the molecule is CC(CNC(=O)C1CC=CCC1)N1CCc2ccccc2C1. The van der Waals surface area contributed by atoms with Gasteiger partial charge in [-0.25, -0.2) is 0 Å². The highest BCUT2D eigenvalue weighted by atomic mass is 16.1. The first kappa shape index (κ1) is 15.3. The van der Waals surface area contributed by atoms with Crippen molar-refractivity contribution in [3.05, 3.63) is 47.5 Å². The monoisotopic (exact) mass is 298 g/mol. The Hall–Kier alpha value is -1.61. The Kier molecular flexibility index (Phi) is 4.94. The van der Waals surface area contributed by atoms with E-state index in [2.05, 4.69) is 53.6 Å². The standard InChI is InChI=1S/C19H26N2O/c1-15(13-20-19(22)17-8-3-2-4-9-17)21-12-11-16-7-5-6-10-18(16)14-21/h2-3,5-7,10,15,17H,4,8-9,11-14H2,1H3,(H,20,22). The molecule has 1 aromatic carbocycles. The van der Waals surface area contributed by atoms with Gasteiger partial charge in [0, 0.05) is 31.6 Å². The largest absolute Gasteiger partial charge is 0.354 e. The van der Waals surface area contributed by atoms with Crippen LogP contribution in [-0.4, -0.2) is 29.9 Å². The first-order valence-electron chi connectivity index (χ1n) is 8.47. The molecular weight excluding hydrogens is 272 g/mol. The van der Waals surface area contributed by atoms with Crippen LogP contribution in [0.25, 0.3) is 0 Å². The Balaban J connectivity index is 1.49. The normalized spacial score (nSPS) is 22.9. The topological polar surface area (TPSA) is 32.3 Å². The van der Waals surface area contributed by atoms with E-state index in [9.17, 15) is 4.79 Å². The van der Waals surface area contributed by atoms with E-state index < -0.39 is 0 Å². The molecule has 1 N–H and O–H groups in total. The zero-order valence-electron chi connectivity index (χ0n) is 13.4. The Morgan fingerprint density at radius 1 is 1.32 bits per heavy atom. The number of nitrogens with one attached hydrogen (secondary N) is 1. The molecule has 0 saturated heterocycles. The molecule has 0 aromatic heterocycles. The average molecular weight is 298 g/mol. The van der Waals surface area contributed by atoms with Gasteiger partial charge in [-0.2, -0.15) is 0 Å². The minimum Gasteiger partial charge on any atom is -0.354 e. The van der Waals surface area contributed by atoms with E-state index >= 15 is 0 Å². The molecule has 118 valence electrons. The van der Waals surface area contributed by atoms with Crippen molar-refractivity contribution >= 4 is 5.91 Å². The summed E-state index contributed by atoms with van der Waals surface area (Å²) in [5.74, 6) is 0.410. The van der Waals surface area contributed by atoms with Crippen molar-refractivity contribution < 1.29 is 4.79 Å². The van der Waals surface area contributed by atoms with Crippen molar-refractivity contribution in [2.24, 2.45) is 5.92 Å². The molecule has 3 rings (SSSR count). The van der Waals surface area contributed by atoms with E-state index in [1.165, 1.54) is 11.1 Å². The number of hydrogen-bond acceptors (Lipinski definition) is 2. The second-order valence-electron chi connectivity index (χ2n) is 6.56. The Labute approximate surface area is 133 Å². The fourth-order valence-corrected chi connectivity index (χ4v) is 3.45. The lowest BCUT2D eigenvalue weighted by atomic mass is 9.93. The molecule has 0 saturated carbocycles. The predicted molar refractivity (Wildman–Crippen MR) is 89.5 cm³/mol. The molecule has 0 bridgehead atoms. The first-order chi connectivity index (χ1) is 10.7. The molecule has 0 fully saturated rings. The van der Waals surface area contributed by atoms with Gasteiger partial charge in [0.1, 0.15) is 0 Å². The third-order valence-electron chi connectivity index (χ3n) is 5.00. The molecule has 1 aromatic rings. The zero-order valence-corrected chi connectivity index (χ0v) is 13.4. The predicted octanol–water partition coefficient (Wildman–Crippen LogP) is 2.91. The van der Waals surface area contributed by atoms with Crippen LogP contribution < -0.4 is 5.32 Å². The minimum atomic E-state index is 0.180. The van der Waals surface area contributed by atoms with E-state index in [4.69, 9.17) is 0 Å². The molecule has 1 aliphatic heterocycles. The molecule has 1 heterocycles. The van der Waals surface area contributed by atoms with Gasteiger partial charge in [0.25, 0.3) is 0 Å². The Bertz CT molecular complexity index is 552. The maximum absolute atomic E-state index is 12.2. The number of rotatable bonds is 4. The van der Waals surface area contributed by atoms with Crippen LogP contribution in [0, 0.1) is 5.92 Å². The van der Waals surface area contributed by atoms with Gasteiger partial charge in [-0.3, -0.25) is 9.69 Å². The summed E-state index contributed by atoms with van der Waals surface area (Å²) in [5.41, 5.74) is 2.91. The van der Waals surface area contributed by atoms with Crippen LogP contribution in [0.5, 0.6) is 0 Å². The second-order valence-corrected chi connectivity index (χ2v) is 6.56. The summed E-state index contributed by atoms with van der Waals surface area (Å²) in [7, 11) is 0. The average Bonchev–Trinajstić information content (AvgIpc) is 2.59. The van der Waals surface area contributed by atoms with E-state index in [0.717, 1.165) is 45.3 Å². The second kappa shape index (κ2) is 7.10. The van der Waals surface area contributed by atoms with Crippen LogP contribution in [0.1, 0.15) is 37.3 Å². The Morgan fingerprint density at radius 3 is 2.91 bits per heavy atom. The maximum Gasteiger partial charge on any atom is 0.223 e. The molecule has 22 heavy (non-hydrogen) atoms. The van der Waals surface area contributed by atoms with Gasteiger partial charge in [-0.1, -0.05) is 36.4 Å². The highest BCUT2D eigenvalue weighted by molar-refractivity contribution is 5.79. The number of nitrogens with zero attached hydrogens (tertiary/aromatic N) is 1. The van der Waals surface area contributed by atoms with Gasteiger partial charge >= 0.3 is 0 Å². The van der Waals surface area contributed by atoms with E-state index in [1.54, 1.807) is 0 Å². The molecule has 2 unspecified atom stereocenters. The third-order valence-corrected chi connectivity index (χ3v) is 5.00. The molecule has 0 spiro atoms. The van der Waals surface area contributed by atoms with Gasteiger partial charge in [0.05, 0.1) is 0 Å². The number of amides is 1. The maximum atomic E-state index is 12.2. The van der Waals surface area contributed by atoms with Crippen molar-refractivity contribution in [3.63, 3.8) is 0 Å².